The molecule has 2 aromatic carbocycles. The van der Waals surface area contributed by atoms with Crippen LogP contribution < -0.4 is 10.2 Å². The van der Waals surface area contributed by atoms with E-state index in [4.69, 9.17) is 0 Å². The van der Waals surface area contributed by atoms with Crippen LogP contribution in [0.5, 0.6) is 0 Å². The maximum atomic E-state index is 12.5. The van der Waals surface area contributed by atoms with Crippen LogP contribution in [-0.2, 0) is 26.9 Å². The van der Waals surface area contributed by atoms with Gasteiger partial charge in [-0.3, -0.25) is 0 Å². The van der Waals surface area contributed by atoms with Crippen LogP contribution in [0.2, 0.25) is 0 Å². The predicted octanol–water partition coefficient (Wildman–Crippen LogP) is -0.756. The number of hydrogen-bond donors (Lipinski definition) is 0. The van der Waals surface area contributed by atoms with Crippen molar-refractivity contribution in [3.63, 3.8) is 0 Å². The van der Waals surface area contributed by atoms with Crippen molar-refractivity contribution in [2.45, 2.75) is 9.79 Å². The van der Waals surface area contributed by atoms with Gasteiger partial charge in [-0.25, -0.2) is 8.42 Å². The molecular formula is C14H8MnO6S. The van der Waals surface area contributed by atoms with E-state index in [-0.39, 0.29) is 17.1 Å². The molecule has 0 bridgehead atoms. The van der Waals surface area contributed by atoms with Crippen molar-refractivity contribution in [3.8, 4) is 0 Å². The van der Waals surface area contributed by atoms with Gasteiger partial charge in [-0.05, 0) is 12.1 Å². The van der Waals surface area contributed by atoms with E-state index in [9.17, 15) is 28.2 Å². The molecule has 113 valence electrons. The van der Waals surface area contributed by atoms with E-state index in [1.165, 1.54) is 24.3 Å². The third-order valence-corrected chi connectivity index (χ3v) is 4.66. The van der Waals surface area contributed by atoms with E-state index < -0.39 is 42.7 Å². The summed E-state index contributed by atoms with van der Waals surface area (Å²) in [6, 6.07) is 9.65. The van der Waals surface area contributed by atoms with Gasteiger partial charge in [0, 0.05) is 11.1 Å². The maximum absolute atomic E-state index is 12.5. The molecule has 0 aliphatic carbocycles. The van der Waals surface area contributed by atoms with Gasteiger partial charge >= 0.3 is 17.1 Å². The Morgan fingerprint density at radius 1 is 0.727 bits per heavy atom. The summed E-state index contributed by atoms with van der Waals surface area (Å²) < 4.78 is 25.0. The summed E-state index contributed by atoms with van der Waals surface area (Å²) >= 11 is 0. The molecule has 2 rings (SSSR count). The average molecular weight is 359 g/mol. The summed E-state index contributed by atoms with van der Waals surface area (Å²) in [7, 11) is -4.33. The number of rotatable bonds is 4. The SMILES string of the molecule is O=C([O-])c1ccccc1S(=O)(=O)c1ccccc1C(=O)[O-].[Mn+2]. The Morgan fingerprint density at radius 2 is 1.05 bits per heavy atom. The monoisotopic (exact) mass is 359 g/mol. The van der Waals surface area contributed by atoms with Gasteiger partial charge in [0.2, 0.25) is 9.84 Å². The molecule has 8 heteroatoms. The van der Waals surface area contributed by atoms with Crippen molar-refractivity contribution in [1.29, 1.82) is 0 Å². The number of carbonyl (C=O) groups is 2. The summed E-state index contributed by atoms with van der Waals surface area (Å²) in [5.41, 5.74) is -1.07. The Morgan fingerprint density at radius 3 is 1.36 bits per heavy atom. The molecule has 0 atom stereocenters. The molecule has 22 heavy (non-hydrogen) atoms. The molecule has 0 aliphatic rings. The van der Waals surface area contributed by atoms with Gasteiger partial charge in [-0.1, -0.05) is 36.4 Å². The minimum absolute atomic E-state index is 0. The van der Waals surface area contributed by atoms with E-state index in [0.29, 0.717) is 0 Å². The van der Waals surface area contributed by atoms with Crippen LogP contribution in [0.25, 0.3) is 0 Å². The van der Waals surface area contributed by atoms with E-state index in [0.717, 1.165) is 24.3 Å². The second-order valence-electron chi connectivity index (χ2n) is 4.07. The topological polar surface area (TPSA) is 114 Å². The minimum atomic E-state index is -4.33. The third kappa shape index (κ3) is 3.19. The number of carboxylic acid groups (broad SMARTS) is 2. The van der Waals surface area contributed by atoms with Crippen LogP contribution in [0.4, 0.5) is 0 Å². The molecule has 0 fully saturated rings. The second kappa shape index (κ2) is 6.74. The molecule has 2 aromatic rings. The van der Waals surface area contributed by atoms with Crippen molar-refractivity contribution in [3.05, 3.63) is 59.7 Å². The molecule has 6 nitrogen and oxygen atoms in total. The molecule has 0 aromatic heterocycles. The second-order valence-corrected chi connectivity index (χ2v) is 5.96. The smallest absolute Gasteiger partial charge is 0.545 e. The standard InChI is InChI=1S/C14H10O6S.Mn/c15-13(16)9-5-1-3-7-11(9)21(19,20)12-8-4-2-6-10(12)14(17)18;/h1-8H,(H,15,16)(H,17,18);/q;+2/p-2. The van der Waals surface area contributed by atoms with Gasteiger partial charge in [-0.15, -0.1) is 0 Å². The zero-order valence-corrected chi connectivity index (χ0v) is 12.9. The molecule has 0 heterocycles. The van der Waals surface area contributed by atoms with Crippen molar-refractivity contribution in [2.75, 3.05) is 0 Å². The molecule has 0 aliphatic heterocycles. The van der Waals surface area contributed by atoms with Crippen LogP contribution in [0, 0.1) is 0 Å². The summed E-state index contributed by atoms with van der Waals surface area (Å²) in [6.07, 6.45) is 0. The van der Waals surface area contributed by atoms with Crippen molar-refractivity contribution < 1.29 is 45.3 Å². The fourth-order valence-electron chi connectivity index (χ4n) is 1.86. The first-order valence-corrected chi connectivity index (χ1v) is 7.20. The third-order valence-electron chi connectivity index (χ3n) is 2.79. The fraction of sp³-hybridized carbons (Fsp3) is 0. The number of hydrogen-bond acceptors (Lipinski definition) is 6. The first kappa shape index (κ1) is 17.9. The normalized spacial score (nSPS) is 10.5. The van der Waals surface area contributed by atoms with Crippen LogP contribution in [0.1, 0.15) is 20.7 Å². The van der Waals surface area contributed by atoms with Gasteiger partial charge in [0.05, 0.1) is 21.7 Å². The molecule has 0 saturated heterocycles. The van der Waals surface area contributed by atoms with E-state index in [1.54, 1.807) is 0 Å². The molecule has 0 N–H and O–H groups in total. The van der Waals surface area contributed by atoms with Gasteiger partial charge in [0.1, 0.15) is 0 Å². The molecule has 0 spiro atoms. The first-order chi connectivity index (χ1) is 9.85. The summed E-state index contributed by atoms with van der Waals surface area (Å²) in [5, 5.41) is 22.0. The van der Waals surface area contributed by atoms with Gasteiger partial charge in [0.15, 0.2) is 0 Å². The number of carboxylic acids is 2. The molecule has 1 radical (unpaired) electrons. The van der Waals surface area contributed by atoms with Crippen LogP contribution >= 0.6 is 0 Å². The quantitative estimate of drug-likeness (QED) is 0.663. The average Bonchev–Trinajstić information content (AvgIpc) is 2.47. The number of sulfone groups is 1. The largest absolute Gasteiger partial charge is 2.00 e. The molecule has 0 amide bonds. The van der Waals surface area contributed by atoms with Gasteiger partial charge in [-0.2, -0.15) is 0 Å². The van der Waals surface area contributed by atoms with Crippen LogP contribution in [-0.4, -0.2) is 20.4 Å². The first-order valence-electron chi connectivity index (χ1n) is 5.71. The number of carbonyl (C=O) groups excluding carboxylic acids is 2. The van der Waals surface area contributed by atoms with Crippen LogP contribution in [0.3, 0.4) is 0 Å². The van der Waals surface area contributed by atoms with E-state index in [1.807, 2.05) is 0 Å². The summed E-state index contributed by atoms with van der Waals surface area (Å²) in [5.74, 6) is -3.33. The number of benzene rings is 2. The van der Waals surface area contributed by atoms with Crippen molar-refractivity contribution in [1.82, 2.24) is 0 Å². The predicted molar refractivity (Wildman–Crippen MR) is 67.0 cm³/mol. The Kier molecular flexibility index (Phi) is 5.48. The maximum Gasteiger partial charge on any atom is 2.00 e. The van der Waals surface area contributed by atoms with Gasteiger partial charge in [0.25, 0.3) is 0 Å². The Balaban J connectivity index is 0.00000242. The molecular weight excluding hydrogens is 351 g/mol. The Bertz CT molecular complexity index is 765. The Hall–Kier alpha value is -2.15. The van der Waals surface area contributed by atoms with Crippen LogP contribution in [0.15, 0.2) is 58.3 Å². The number of aromatic carboxylic acids is 2. The van der Waals surface area contributed by atoms with Crippen molar-refractivity contribution >= 4 is 21.8 Å². The molecule has 0 unspecified atom stereocenters. The Labute approximate surface area is 136 Å². The molecule has 0 saturated carbocycles. The zero-order valence-electron chi connectivity index (χ0n) is 10.9. The van der Waals surface area contributed by atoms with E-state index in [2.05, 4.69) is 0 Å². The minimum Gasteiger partial charge on any atom is -0.545 e. The van der Waals surface area contributed by atoms with Gasteiger partial charge < -0.3 is 19.8 Å². The van der Waals surface area contributed by atoms with Crippen molar-refractivity contribution in [2.24, 2.45) is 0 Å². The zero-order chi connectivity index (χ0) is 15.6. The summed E-state index contributed by atoms with van der Waals surface area (Å²) in [6.45, 7) is 0. The van der Waals surface area contributed by atoms with E-state index >= 15 is 0 Å². The summed E-state index contributed by atoms with van der Waals surface area (Å²) in [4.78, 5) is 21.0. The fourth-order valence-corrected chi connectivity index (χ4v) is 3.49.